The Morgan fingerprint density at radius 3 is 2.87 bits per heavy atom. The predicted molar refractivity (Wildman–Crippen MR) is 113 cm³/mol. The van der Waals surface area contributed by atoms with Gasteiger partial charge in [0.05, 0.1) is 30.7 Å². The van der Waals surface area contributed by atoms with Gasteiger partial charge in [0, 0.05) is 23.2 Å². The summed E-state index contributed by atoms with van der Waals surface area (Å²) in [5.74, 6) is -0.938. The highest BCUT2D eigenvalue weighted by Crippen LogP contribution is 2.47. The highest BCUT2D eigenvalue weighted by atomic mass is 35.5. The highest BCUT2D eigenvalue weighted by molar-refractivity contribution is 8.09. The van der Waals surface area contributed by atoms with Gasteiger partial charge in [0.2, 0.25) is 0 Å². The summed E-state index contributed by atoms with van der Waals surface area (Å²) in [7, 11) is 1.34. The van der Waals surface area contributed by atoms with E-state index < -0.39 is 29.0 Å². The predicted octanol–water partition coefficient (Wildman–Crippen LogP) is 3.49. The number of fused-ring (bicyclic) bond motifs is 1. The van der Waals surface area contributed by atoms with Crippen LogP contribution in [-0.4, -0.2) is 52.0 Å². The number of ether oxygens (including phenoxy) is 1. The molecule has 0 saturated carbocycles. The summed E-state index contributed by atoms with van der Waals surface area (Å²) < 4.78 is 19.0. The summed E-state index contributed by atoms with van der Waals surface area (Å²) in [5, 5.41) is 16.1. The number of hydrogen-bond acceptors (Lipinski definition) is 7. The first-order chi connectivity index (χ1) is 15.0. The van der Waals surface area contributed by atoms with Gasteiger partial charge in [-0.25, -0.2) is 14.1 Å². The van der Waals surface area contributed by atoms with Crippen molar-refractivity contribution in [2.45, 2.75) is 17.7 Å². The zero-order valence-electron chi connectivity index (χ0n) is 16.2. The zero-order chi connectivity index (χ0) is 22.1. The van der Waals surface area contributed by atoms with Crippen molar-refractivity contribution >= 4 is 46.0 Å². The van der Waals surface area contributed by atoms with Crippen LogP contribution in [0.5, 0.6) is 5.75 Å². The zero-order valence-corrected chi connectivity index (χ0v) is 17.7. The second-order valence-corrected chi connectivity index (χ2v) is 8.26. The quantitative estimate of drug-likeness (QED) is 0.674. The Kier molecular flexibility index (Phi) is 5.80. The molecule has 2 aliphatic rings. The van der Waals surface area contributed by atoms with Gasteiger partial charge in [0.25, 0.3) is 5.91 Å². The lowest BCUT2D eigenvalue weighted by Gasteiger charge is -2.40. The number of nitriles is 1. The molecule has 8 nitrogen and oxygen atoms in total. The van der Waals surface area contributed by atoms with Crippen molar-refractivity contribution in [3.63, 3.8) is 0 Å². The molecule has 0 spiro atoms. The molecular weight excluding hydrogens is 445 g/mol. The van der Waals surface area contributed by atoms with E-state index in [1.165, 1.54) is 42.1 Å². The first-order valence-electron chi connectivity index (χ1n) is 9.17. The third-order valence-electron chi connectivity index (χ3n) is 4.91. The Balaban J connectivity index is 1.75. The van der Waals surface area contributed by atoms with Crippen LogP contribution in [0.1, 0.15) is 12.0 Å². The summed E-state index contributed by atoms with van der Waals surface area (Å²) in [6.07, 6.45) is 3.28. The SMILES string of the molecule is COc1cc(C2=CC3C(S2)C(=O)N(c2cccnn2)C(=O)N3CCC#N)c(Cl)cc1F. The van der Waals surface area contributed by atoms with E-state index in [1.807, 2.05) is 6.07 Å². The number of urea groups is 1. The number of halogens is 2. The maximum Gasteiger partial charge on any atom is 0.333 e. The first-order valence-corrected chi connectivity index (χ1v) is 10.4. The van der Waals surface area contributed by atoms with Gasteiger partial charge in [-0.05, 0) is 30.3 Å². The molecule has 0 bridgehead atoms. The Morgan fingerprint density at radius 1 is 1.39 bits per heavy atom. The van der Waals surface area contributed by atoms with E-state index in [0.29, 0.717) is 10.5 Å². The van der Waals surface area contributed by atoms with E-state index in [1.54, 1.807) is 12.1 Å². The number of aromatic nitrogens is 2. The van der Waals surface area contributed by atoms with Gasteiger partial charge in [-0.3, -0.25) is 4.79 Å². The van der Waals surface area contributed by atoms with Gasteiger partial charge in [-0.15, -0.1) is 16.9 Å². The Hall–Kier alpha value is -3.16. The molecule has 0 radical (unpaired) electrons. The van der Waals surface area contributed by atoms with Gasteiger partial charge >= 0.3 is 6.03 Å². The largest absolute Gasteiger partial charge is 0.494 e. The monoisotopic (exact) mass is 459 g/mol. The van der Waals surface area contributed by atoms with Gasteiger partial charge in [0.15, 0.2) is 17.4 Å². The van der Waals surface area contributed by atoms with Gasteiger partial charge in [-0.1, -0.05) is 11.6 Å². The molecule has 2 unspecified atom stereocenters. The number of nitrogens with zero attached hydrogens (tertiary/aromatic N) is 5. The molecule has 1 aromatic carbocycles. The number of carbonyl (C=O) groups is 2. The lowest BCUT2D eigenvalue weighted by molar-refractivity contribution is -0.119. The molecule has 2 aliphatic heterocycles. The van der Waals surface area contributed by atoms with Crippen LogP contribution in [0, 0.1) is 17.1 Å². The van der Waals surface area contributed by atoms with Crippen LogP contribution in [0.3, 0.4) is 0 Å². The number of rotatable bonds is 5. The van der Waals surface area contributed by atoms with E-state index in [9.17, 15) is 14.0 Å². The minimum absolute atomic E-state index is 0.0145. The number of anilines is 1. The van der Waals surface area contributed by atoms with E-state index >= 15 is 0 Å². The van der Waals surface area contributed by atoms with Crippen molar-refractivity contribution in [2.75, 3.05) is 18.6 Å². The van der Waals surface area contributed by atoms with Crippen molar-refractivity contribution in [1.82, 2.24) is 15.1 Å². The second-order valence-electron chi connectivity index (χ2n) is 6.67. The molecule has 3 amide bonds. The first kappa shape index (κ1) is 21.1. The molecule has 1 aromatic heterocycles. The standard InChI is InChI=1S/C20H15ClFN5O3S/c1-30-15-8-11(12(21)9-13(15)22)16-10-14-18(31-16)19(28)27(17-4-2-6-24-25-17)20(29)26(14)7-3-5-23/h2,4,6,8-10,14,18H,3,7H2,1H3. The summed E-state index contributed by atoms with van der Waals surface area (Å²) in [5.41, 5.74) is 0.492. The molecule has 1 saturated heterocycles. The molecule has 3 heterocycles. The lowest BCUT2D eigenvalue weighted by Crippen LogP contribution is -2.62. The van der Waals surface area contributed by atoms with Gasteiger partial charge < -0.3 is 9.64 Å². The fourth-order valence-corrected chi connectivity index (χ4v) is 5.15. The van der Waals surface area contributed by atoms with Gasteiger partial charge in [0.1, 0.15) is 5.25 Å². The van der Waals surface area contributed by atoms with Crippen LogP contribution in [0.15, 0.2) is 36.5 Å². The van der Waals surface area contributed by atoms with E-state index in [0.717, 1.165) is 11.0 Å². The summed E-state index contributed by atoms with van der Waals surface area (Å²) in [4.78, 5) is 29.5. The molecule has 0 aliphatic carbocycles. The maximum atomic E-state index is 14.0. The van der Waals surface area contributed by atoms with Crippen molar-refractivity contribution < 1.29 is 18.7 Å². The molecule has 4 rings (SSSR count). The molecule has 2 aromatic rings. The summed E-state index contributed by atoms with van der Waals surface area (Å²) in [6, 6.07) is 6.54. The molecule has 1 fully saturated rings. The van der Waals surface area contributed by atoms with Crippen molar-refractivity contribution in [3.05, 3.63) is 52.9 Å². The number of imide groups is 1. The molecule has 0 N–H and O–H groups in total. The fourth-order valence-electron chi connectivity index (χ4n) is 3.48. The number of thioether (sulfide) groups is 1. The minimum atomic E-state index is -0.680. The topological polar surface area (TPSA) is 99.4 Å². The van der Waals surface area contributed by atoms with Crippen molar-refractivity contribution in [3.8, 4) is 11.8 Å². The number of amides is 3. The highest BCUT2D eigenvalue weighted by Gasteiger charge is 2.50. The van der Waals surface area contributed by atoms with Crippen LogP contribution < -0.4 is 9.64 Å². The van der Waals surface area contributed by atoms with E-state index in [-0.39, 0.29) is 29.6 Å². The Bertz CT molecular complexity index is 1120. The molecule has 31 heavy (non-hydrogen) atoms. The smallest absolute Gasteiger partial charge is 0.333 e. The summed E-state index contributed by atoms with van der Waals surface area (Å²) >= 11 is 7.47. The van der Waals surface area contributed by atoms with Crippen LogP contribution >= 0.6 is 23.4 Å². The molecule has 158 valence electrons. The fraction of sp³-hybridized carbons (Fsp3) is 0.250. The van der Waals surface area contributed by atoms with Crippen LogP contribution in [0.25, 0.3) is 4.91 Å². The number of methoxy groups -OCH3 is 1. The van der Waals surface area contributed by atoms with E-state index in [2.05, 4.69) is 10.2 Å². The van der Waals surface area contributed by atoms with E-state index in [4.69, 9.17) is 21.6 Å². The van der Waals surface area contributed by atoms with Crippen LogP contribution in [-0.2, 0) is 4.79 Å². The van der Waals surface area contributed by atoms with Crippen molar-refractivity contribution in [2.24, 2.45) is 0 Å². The van der Waals surface area contributed by atoms with Crippen molar-refractivity contribution in [1.29, 1.82) is 5.26 Å². The number of hydrogen-bond donors (Lipinski definition) is 0. The molecule has 2 atom stereocenters. The Morgan fingerprint density at radius 2 is 2.19 bits per heavy atom. The third kappa shape index (κ3) is 3.71. The maximum absolute atomic E-state index is 14.0. The Labute approximate surface area is 186 Å². The van der Waals surface area contributed by atoms with Crippen LogP contribution in [0.4, 0.5) is 15.0 Å². The second kappa shape index (κ2) is 8.53. The molecular formula is C20H15ClFN5O3S. The summed E-state index contributed by atoms with van der Waals surface area (Å²) in [6.45, 7) is 0.130. The average Bonchev–Trinajstić information content (AvgIpc) is 3.20. The number of benzene rings is 1. The number of carbonyl (C=O) groups excluding carboxylic acids is 2. The van der Waals surface area contributed by atoms with Gasteiger partial charge in [-0.2, -0.15) is 10.4 Å². The minimum Gasteiger partial charge on any atom is -0.494 e. The van der Waals surface area contributed by atoms with Crippen LogP contribution in [0.2, 0.25) is 5.02 Å². The third-order valence-corrected chi connectivity index (χ3v) is 6.56. The average molecular weight is 460 g/mol. The molecule has 11 heteroatoms. The lowest BCUT2D eigenvalue weighted by atomic mass is 10.1. The normalized spacial score (nSPS) is 20.4.